The van der Waals surface area contributed by atoms with Crippen molar-refractivity contribution >= 4 is 17.4 Å². The highest BCUT2D eigenvalue weighted by Crippen LogP contribution is 2.39. The molecule has 4 unspecified atom stereocenters. The van der Waals surface area contributed by atoms with Gasteiger partial charge in [0.1, 0.15) is 17.8 Å². The normalized spacial score (nSPS) is 45.2. The van der Waals surface area contributed by atoms with Crippen molar-refractivity contribution in [3.63, 3.8) is 0 Å². The molecule has 0 aromatic carbocycles. The lowest BCUT2D eigenvalue weighted by molar-refractivity contribution is -0.301. The van der Waals surface area contributed by atoms with Gasteiger partial charge in [-0.15, -0.1) is 0 Å². The number of esters is 1. The quantitative estimate of drug-likeness (QED) is 0.192. The minimum Gasteiger partial charge on any atom is -0.459 e. The average Bonchev–Trinajstić information content (AvgIpc) is 2.97. The van der Waals surface area contributed by atoms with Gasteiger partial charge in [-0.1, -0.05) is 27.7 Å². The van der Waals surface area contributed by atoms with E-state index in [9.17, 15) is 25.2 Å². The summed E-state index contributed by atoms with van der Waals surface area (Å²) >= 11 is 0. The predicted molar refractivity (Wildman–Crippen MR) is 173 cm³/mol. The highest BCUT2D eigenvalue weighted by Gasteiger charge is 2.51. The maximum Gasteiger partial charge on any atom is 0.311 e. The molecule has 2 saturated heterocycles. The number of aliphatic hydroxyl groups excluding tert-OH is 3. The lowest BCUT2D eigenvalue weighted by Gasteiger charge is -2.48. The van der Waals surface area contributed by atoms with Gasteiger partial charge in [0.05, 0.1) is 35.9 Å². The minimum atomic E-state index is -1.83. The van der Waals surface area contributed by atoms with E-state index in [1.165, 1.54) is 6.92 Å². The second kappa shape index (κ2) is 16.1. The molecule has 2 rings (SSSR count). The van der Waals surface area contributed by atoms with E-state index in [0.717, 1.165) is 0 Å². The molecule has 0 aromatic rings. The van der Waals surface area contributed by atoms with Gasteiger partial charge in [-0.25, -0.2) is 0 Å². The van der Waals surface area contributed by atoms with Gasteiger partial charge in [0.25, 0.3) is 0 Å². The maximum absolute atomic E-state index is 13.5. The topological polar surface area (TPSA) is 163 Å². The molecule has 2 aliphatic rings. The number of methoxy groups -OCH3 is 1. The summed E-state index contributed by atoms with van der Waals surface area (Å²) in [5.74, 6) is -3.50. The Bertz CT molecular complexity index is 1030. The number of ether oxygens (including phenoxy) is 4. The molecule has 0 bridgehead atoms. The molecule has 12 heteroatoms. The van der Waals surface area contributed by atoms with Crippen LogP contribution in [-0.4, -0.2) is 124 Å². The van der Waals surface area contributed by atoms with Crippen molar-refractivity contribution < 1.29 is 44.2 Å². The van der Waals surface area contributed by atoms with E-state index >= 15 is 0 Å². The summed E-state index contributed by atoms with van der Waals surface area (Å²) in [4.78, 5) is 15.4. The van der Waals surface area contributed by atoms with E-state index in [1.807, 2.05) is 53.6 Å². The van der Waals surface area contributed by atoms with E-state index in [4.69, 9.17) is 18.9 Å². The molecule has 262 valence electrons. The summed E-state index contributed by atoms with van der Waals surface area (Å²) in [6.45, 7) is 17.6. The zero-order valence-corrected chi connectivity index (χ0v) is 29.7. The molecule has 2 fully saturated rings. The molecule has 2 heterocycles. The molecule has 0 spiro atoms. The smallest absolute Gasteiger partial charge is 0.311 e. The molecule has 2 aliphatic heterocycles. The van der Waals surface area contributed by atoms with Crippen molar-refractivity contribution in [1.29, 1.82) is 0 Å². The Labute approximate surface area is 270 Å². The number of nitrogens with zero attached hydrogens (tertiary/aromatic N) is 3. The van der Waals surface area contributed by atoms with Crippen LogP contribution in [0.1, 0.15) is 88.5 Å². The van der Waals surface area contributed by atoms with E-state index in [0.29, 0.717) is 24.3 Å². The highest BCUT2D eigenvalue weighted by atomic mass is 16.7. The van der Waals surface area contributed by atoms with E-state index in [-0.39, 0.29) is 24.5 Å². The first-order valence-electron chi connectivity index (χ1n) is 16.3. The molecule has 45 heavy (non-hydrogen) atoms. The first kappa shape index (κ1) is 39.7. The molecule has 0 radical (unpaired) electrons. The SMILES string of the molecule is CC[C@H]1OC(=O)[C@H](C)[C@@H](O)[C@H](C)[C@@H](OC2OC(C)CC(N(C)C)C2O)[C@](C)(OC)C[C@@H](C)/C(=N\N=C(C)C)[C@H](C)[C@@H](O)[C@]1(C)O. The lowest BCUT2D eigenvalue weighted by Crippen LogP contribution is -2.60. The molecule has 0 amide bonds. The fourth-order valence-electron chi connectivity index (χ4n) is 6.94. The first-order chi connectivity index (χ1) is 20.7. The number of carbonyl (C=O) groups excluding carboxylic acids is 1. The fraction of sp³-hybridized carbons (Fsp3) is 0.909. The third-order valence-corrected chi connectivity index (χ3v) is 9.93. The molecule has 14 atom stereocenters. The van der Waals surface area contributed by atoms with Crippen LogP contribution in [0.25, 0.3) is 0 Å². The summed E-state index contributed by atoms with van der Waals surface area (Å²) < 4.78 is 24.7. The number of rotatable bonds is 6. The summed E-state index contributed by atoms with van der Waals surface area (Å²) in [7, 11) is 5.33. The largest absolute Gasteiger partial charge is 0.459 e. The van der Waals surface area contributed by atoms with Gasteiger partial charge in [-0.2, -0.15) is 10.2 Å². The van der Waals surface area contributed by atoms with Crippen molar-refractivity contribution in [1.82, 2.24) is 4.90 Å². The first-order valence-corrected chi connectivity index (χ1v) is 16.3. The molecule has 0 aromatic heterocycles. The van der Waals surface area contributed by atoms with Gasteiger partial charge in [0.2, 0.25) is 0 Å². The fourth-order valence-corrected chi connectivity index (χ4v) is 6.94. The highest BCUT2D eigenvalue weighted by molar-refractivity contribution is 5.90. The second-order valence-electron chi connectivity index (χ2n) is 14.3. The molecule has 12 nitrogen and oxygen atoms in total. The number of hydrogen-bond donors (Lipinski definition) is 4. The van der Waals surface area contributed by atoms with Crippen molar-refractivity contribution in [2.24, 2.45) is 33.9 Å². The van der Waals surface area contributed by atoms with Crippen LogP contribution in [0.3, 0.4) is 0 Å². The molecule has 4 N–H and O–H groups in total. The van der Waals surface area contributed by atoms with Crippen LogP contribution >= 0.6 is 0 Å². The maximum atomic E-state index is 13.5. The third-order valence-electron chi connectivity index (χ3n) is 9.93. The van der Waals surface area contributed by atoms with E-state index in [1.54, 1.807) is 34.8 Å². The third kappa shape index (κ3) is 9.10. The number of hydrogen-bond acceptors (Lipinski definition) is 12. The number of carbonyl (C=O) groups is 1. The van der Waals surface area contributed by atoms with Crippen molar-refractivity contribution in [2.45, 2.75) is 149 Å². The standard InChI is InChI=1S/C33H61N3O9/c1-14-24-33(10,41)28(39)20(6)25(35-34-17(2)3)18(4)16-32(9,42-13)29(21(7)26(37)22(8)30(40)44-24)45-31-27(38)23(36(11)12)15-19(5)43-31/h18-24,26-29,31,37-39,41H,14-16H2,1-13H3/b35-25+/t18-,19?,20+,21+,22-,23?,24-,26+,27?,28-,29-,31?,32-,33-/m1/s1. The Balaban J connectivity index is 2.74. The lowest BCUT2D eigenvalue weighted by atomic mass is 9.73. The summed E-state index contributed by atoms with van der Waals surface area (Å²) in [6.07, 6.45) is -5.67. The summed E-state index contributed by atoms with van der Waals surface area (Å²) in [5, 5.41) is 55.0. The van der Waals surface area contributed by atoms with E-state index < -0.39 is 71.7 Å². The molecule has 0 aliphatic carbocycles. The van der Waals surface area contributed by atoms with Gasteiger partial charge < -0.3 is 44.3 Å². The zero-order chi connectivity index (χ0) is 34.6. The van der Waals surface area contributed by atoms with Crippen LogP contribution in [0, 0.1) is 23.7 Å². The second-order valence-corrected chi connectivity index (χ2v) is 14.3. The van der Waals surface area contributed by atoms with Gasteiger partial charge in [-0.3, -0.25) is 4.79 Å². The Kier molecular flexibility index (Phi) is 14.2. The van der Waals surface area contributed by atoms with Gasteiger partial charge in [0.15, 0.2) is 6.29 Å². The van der Waals surface area contributed by atoms with Crippen LogP contribution in [0.5, 0.6) is 0 Å². The summed E-state index contributed by atoms with van der Waals surface area (Å²) in [6, 6.07) is -0.228. The van der Waals surface area contributed by atoms with Crippen molar-refractivity contribution in [3.05, 3.63) is 0 Å². The predicted octanol–water partition coefficient (Wildman–Crippen LogP) is 2.78. The van der Waals surface area contributed by atoms with Crippen molar-refractivity contribution in [2.75, 3.05) is 21.2 Å². The molecular formula is C33H61N3O9. The van der Waals surface area contributed by atoms with E-state index in [2.05, 4.69) is 10.2 Å². The zero-order valence-electron chi connectivity index (χ0n) is 29.7. The van der Waals surface area contributed by atoms with Gasteiger partial charge in [0, 0.05) is 36.4 Å². The molecular weight excluding hydrogens is 582 g/mol. The van der Waals surface area contributed by atoms with Crippen LogP contribution in [0.15, 0.2) is 10.2 Å². The summed E-state index contributed by atoms with van der Waals surface area (Å²) in [5.41, 5.74) is -1.73. The van der Waals surface area contributed by atoms with Gasteiger partial charge >= 0.3 is 5.97 Å². The number of likely N-dealkylation sites (N-methyl/N-ethyl adjacent to an activating group) is 1. The molecule has 0 saturated carbocycles. The van der Waals surface area contributed by atoms with Crippen LogP contribution in [0.4, 0.5) is 0 Å². The average molecular weight is 644 g/mol. The monoisotopic (exact) mass is 643 g/mol. The Morgan fingerprint density at radius 3 is 2.16 bits per heavy atom. The van der Waals surface area contributed by atoms with Crippen LogP contribution in [0.2, 0.25) is 0 Å². The minimum absolute atomic E-state index is 0.207. The Morgan fingerprint density at radius 1 is 1.04 bits per heavy atom. The Hall–Kier alpha value is -1.51. The number of aliphatic hydroxyl groups is 4. The number of cyclic esters (lactones) is 1. The Morgan fingerprint density at radius 2 is 1.64 bits per heavy atom. The van der Waals surface area contributed by atoms with Crippen molar-refractivity contribution in [3.8, 4) is 0 Å². The van der Waals surface area contributed by atoms with Crippen LogP contribution in [-0.2, 0) is 23.7 Å². The van der Waals surface area contributed by atoms with Crippen LogP contribution < -0.4 is 0 Å². The van der Waals surface area contributed by atoms with Gasteiger partial charge in [-0.05, 0) is 80.8 Å².